The van der Waals surface area contributed by atoms with Crippen molar-refractivity contribution in [2.75, 3.05) is 26.3 Å². The molecule has 32 heavy (non-hydrogen) atoms. The number of aromatic nitrogens is 3. The molecule has 8 heteroatoms. The quantitative estimate of drug-likeness (QED) is 0.625. The van der Waals surface area contributed by atoms with Gasteiger partial charge in [0.15, 0.2) is 5.65 Å². The molecule has 0 radical (unpaired) electrons. The molecule has 0 bridgehead atoms. The number of likely N-dealkylation sites (tertiary alicyclic amines) is 1. The second-order valence-corrected chi connectivity index (χ2v) is 9.15. The molecule has 164 valence electrons. The summed E-state index contributed by atoms with van der Waals surface area (Å²) < 4.78 is 13.2. The smallest absolute Gasteiger partial charge is 0.259 e. The highest BCUT2D eigenvalue weighted by atomic mass is 16.5. The van der Waals surface area contributed by atoms with Crippen LogP contribution in [0.4, 0.5) is 0 Å². The van der Waals surface area contributed by atoms with Crippen molar-refractivity contribution in [1.29, 1.82) is 0 Å². The number of ether oxygens (including phenoxy) is 2. The van der Waals surface area contributed by atoms with Gasteiger partial charge in [-0.1, -0.05) is 24.3 Å². The molecule has 8 nitrogen and oxygen atoms in total. The Morgan fingerprint density at radius 3 is 2.53 bits per heavy atom. The number of hydrogen-bond acceptors (Lipinski definition) is 6. The van der Waals surface area contributed by atoms with E-state index in [0.717, 1.165) is 12.8 Å². The van der Waals surface area contributed by atoms with Gasteiger partial charge >= 0.3 is 0 Å². The van der Waals surface area contributed by atoms with Crippen molar-refractivity contribution in [3.63, 3.8) is 0 Å². The van der Waals surface area contributed by atoms with Gasteiger partial charge in [-0.25, -0.2) is 0 Å². The lowest BCUT2D eigenvalue weighted by atomic mass is 9.78. The fourth-order valence-corrected chi connectivity index (χ4v) is 5.04. The predicted molar refractivity (Wildman–Crippen MR) is 117 cm³/mol. The first-order valence-electron chi connectivity index (χ1n) is 11.1. The van der Waals surface area contributed by atoms with Crippen LogP contribution in [0.5, 0.6) is 5.88 Å². The number of pyridine rings is 1. The summed E-state index contributed by atoms with van der Waals surface area (Å²) in [5, 5.41) is 8.85. The minimum absolute atomic E-state index is 0.0423. The summed E-state index contributed by atoms with van der Waals surface area (Å²) in [4.78, 5) is 28.1. The Kier molecular flexibility index (Phi) is 4.33. The Balaban J connectivity index is 1.30. The van der Waals surface area contributed by atoms with Gasteiger partial charge in [0.2, 0.25) is 11.3 Å². The normalized spacial score (nSPS) is 19.0. The summed E-state index contributed by atoms with van der Waals surface area (Å²) in [5.41, 5.74) is 2.95. The third-order valence-electron chi connectivity index (χ3n) is 6.83. The molecule has 2 saturated heterocycles. The molecular formula is C24H24N4O4. The molecule has 4 heterocycles. The van der Waals surface area contributed by atoms with E-state index in [-0.39, 0.29) is 28.4 Å². The predicted octanol–water partition coefficient (Wildman–Crippen LogP) is 1.83. The highest BCUT2D eigenvalue weighted by molar-refractivity contribution is 5.97. The van der Waals surface area contributed by atoms with Crippen LogP contribution in [0.25, 0.3) is 11.0 Å². The van der Waals surface area contributed by atoms with Crippen LogP contribution in [-0.4, -0.2) is 58.0 Å². The van der Waals surface area contributed by atoms with Crippen LogP contribution in [0.2, 0.25) is 0 Å². The van der Waals surface area contributed by atoms with Crippen molar-refractivity contribution in [1.82, 2.24) is 19.7 Å². The fourth-order valence-electron chi connectivity index (χ4n) is 5.04. The molecule has 1 aliphatic carbocycles. The first kappa shape index (κ1) is 19.4. The van der Waals surface area contributed by atoms with Gasteiger partial charge in [-0.05, 0) is 18.1 Å². The molecule has 0 atom stereocenters. The Morgan fingerprint density at radius 1 is 1.19 bits per heavy atom. The minimum atomic E-state index is -0.324. The first-order chi connectivity index (χ1) is 15.5. The van der Waals surface area contributed by atoms with Gasteiger partial charge in [0.05, 0.1) is 24.0 Å². The highest BCUT2D eigenvalue weighted by Gasteiger charge is 2.51. The number of aryl methyl sites for hydroxylation is 1. The molecule has 0 unspecified atom stereocenters. The van der Waals surface area contributed by atoms with Gasteiger partial charge < -0.3 is 18.9 Å². The van der Waals surface area contributed by atoms with Crippen LogP contribution in [-0.2, 0) is 24.1 Å². The topological polar surface area (TPSA) is 86.5 Å². The first-order valence-corrected chi connectivity index (χ1v) is 11.1. The average molecular weight is 432 g/mol. The molecule has 3 aliphatic rings. The SMILES string of the molecule is CCn1cc(C(=O)N2CC3(COC3)C2)c(=O)c2cc(OC3Cc4ccccc4C3)nnc21. The maximum Gasteiger partial charge on any atom is 0.259 e. The van der Waals surface area contributed by atoms with Gasteiger partial charge in [0, 0.05) is 44.7 Å². The number of hydrogen-bond donors (Lipinski definition) is 0. The van der Waals surface area contributed by atoms with E-state index in [1.807, 2.05) is 19.1 Å². The second-order valence-electron chi connectivity index (χ2n) is 9.15. The van der Waals surface area contributed by atoms with Crippen molar-refractivity contribution in [3.05, 3.63) is 63.4 Å². The van der Waals surface area contributed by atoms with Crippen molar-refractivity contribution in [2.24, 2.45) is 5.41 Å². The number of carbonyl (C=O) groups is 1. The van der Waals surface area contributed by atoms with E-state index in [2.05, 4.69) is 22.3 Å². The standard InChI is InChI=1S/C24H24N4O4/c1-2-27-10-19(23(30)28-11-24(12-28)13-31-14-24)21(29)18-9-20(25-26-22(18)27)32-17-7-15-5-3-4-6-16(15)8-17/h3-6,9-10,17H,2,7-8,11-14H2,1H3. The summed E-state index contributed by atoms with van der Waals surface area (Å²) in [7, 11) is 0. The lowest BCUT2D eigenvalue weighted by molar-refractivity contribution is -0.176. The molecule has 6 rings (SSSR count). The van der Waals surface area contributed by atoms with Crippen molar-refractivity contribution >= 4 is 16.9 Å². The lowest BCUT2D eigenvalue weighted by Gasteiger charge is -2.54. The van der Waals surface area contributed by atoms with Crippen molar-refractivity contribution < 1.29 is 14.3 Å². The molecular weight excluding hydrogens is 408 g/mol. The van der Waals surface area contributed by atoms with Crippen LogP contribution in [0.15, 0.2) is 41.3 Å². The van der Waals surface area contributed by atoms with Gasteiger partial charge in [-0.3, -0.25) is 9.59 Å². The van der Waals surface area contributed by atoms with Crippen LogP contribution >= 0.6 is 0 Å². The van der Waals surface area contributed by atoms with E-state index in [4.69, 9.17) is 9.47 Å². The number of rotatable bonds is 4. The van der Waals surface area contributed by atoms with E-state index in [1.54, 1.807) is 21.7 Å². The zero-order chi connectivity index (χ0) is 21.9. The maximum absolute atomic E-state index is 13.3. The van der Waals surface area contributed by atoms with Crippen LogP contribution < -0.4 is 10.2 Å². The summed E-state index contributed by atoms with van der Waals surface area (Å²) in [6, 6.07) is 9.91. The molecule has 2 aromatic heterocycles. The largest absolute Gasteiger partial charge is 0.473 e. The molecule has 1 aromatic carbocycles. The summed E-state index contributed by atoms with van der Waals surface area (Å²) in [6.45, 7) is 5.18. The molecule has 1 amide bonds. The Labute approximate surface area is 184 Å². The van der Waals surface area contributed by atoms with E-state index in [1.165, 1.54) is 11.1 Å². The Morgan fingerprint density at radius 2 is 1.91 bits per heavy atom. The van der Waals surface area contributed by atoms with Crippen molar-refractivity contribution in [3.8, 4) is 5.88 Å². The summed E-state index contributed by atoms with van der Waals surface area (Å²) in [6.07, 6.45) is 3.17. The molecule has 2 aliphatic heterocycles. The number of benzene rings is 1. The average Bonchev–Trinajstić information content (AvgIpc) is 3.14. The summed E-state index contributed by atoms with van der Waals surface area (Å²) >= 11 is 0. The summed E-state index contributed by atoms with van der Waals surface area (Å²) in [5.74, 6) is 0.0799. The second kappa shape index (κ2) is 7.13. The zero-order valence-corrected chi connectivity index (χ0v) is 17.9. The molecule has 1 spiro atoms. The molecule has 0 N–H and O–H groups in total. The van der Waals surface area contributed by atoms with E-state index < -0.39 is 0 Å². The third-order valence-corrected chi connectivity index (χ3v) is 6.83. The zero-order valence-electron chi connectivity index (χ0n) is 17.9. The van der Waals surface area contributed by atoms with E-state index in [9.17, 15) is 9.59 Å². The van der Waals surface area contributed by atoms with E-state index >= 15 is 0 Å². The highest BCUT2D eigenvalue weighted by Crippen LogP contribution is 2.38. The minimum Gasteiger partial charge on any atom is -0.473 e. The Bertz CT molecular complexity index is 1260. The number of carbonyl (C=O) groups excluding carboxylic acids is 1. The molecule has 3 aromatic rings. The van der Waals surface area contributed by atoms with Crippen molar-refractivity contribution in [2.45, 2.75) is 32.4 Å². The fraction of sp³-hybridized carbons (Fsp3) is 0.417. The third kappa shape index (κ3) is 3.01. The lowest BCUT2D eigenvalue weighted by Crippen LogP contribution is -2.67. The van der Waals surface area contributed by atoms with Gasteiger partial charge in [0.25, 0.3) is 5.91 Å². The van der Waals surface area contributed by atoms with Gasteiger partial charge in [0.1, 0.15) is 11.7 Å². The van der Waals surface area contributed by atoms with Crippen LogP contribution in [0.1, 0.15) is 28.4 Å². The monoisotopic (exact) mass is 432 g/mol. The van der Waals surface area contributed by atoms with Crippen LogP contribution in [0, 0.1) is 5.41 Å². The maximum atomic E-state index is 13.3. The molecule has 0 saturated carbocycles. The Hall–Kier alpha value is -3.26. The van der Waals surface area contributed by atoms with Gasteiger partial charge in [-0.2, -0.15) is 0 Å². The number of amides is 1. The number of nitrogens with zero attached hydrogens (tertiary/aromatic N) is 4. The van der Waals surface area contributed by atoms with Gasteiger partial charge in [-0.15, -0.1) is 10.2 Å². The number of fused-ring (bicyclic) bond motifs is 2. The van der Waals surface area contributed by atoms with E-state index in [0.29, 0.717) is 49.8 Å². The van der Waals surface area contributed by atoms with Crippen LogP contribution in [0.3, 0.4) is 0 Å². The molecule has 2 fully saturated rings.